The van der Waals surface area contributed by atoms with Crippen molar-refractivity contribution in [2.45, 2.75) is 13.8 Å². The van der Waals surface area contributed by atoms with Crippen molar-refractivity contribution in [3.8, 4) is 5.75 Å². The van der Waals surface area contributed by atoms with Crippen LogP contribution in [0.15, 0.2) is 24.3 Å². The second-order valence-electron chi connectivity index (χ2n) is 4.04. The van der Waals surface area contributed by atoms with Crippen LogP contribution in [0.3, 0.4) is 0 Å². The monoisotopic (exact) mass is 251 g/mol. The second kappa shape index (κ2) is 7.84. The lowest BCUT2D eigenvalue weighted by Crippen LogP contribution is -2.32. The molecule has 1 aromatic carbocycles. The predicted octanol–water partition coefficient (Wildman–Crippen LogP) is 1.93. The fourth-order valence-corrected chi connectivity index (χ4v) is 1.63. The fourth-order valence-electron chi connectivity index (χ4n) is 1.63. The van der Waals surface area contributed by atoms with Gasteiger partial charge in [-0.2, -0.15) is 0 Å². The van der Waals surface area contributed by atoms with Crippen LogP contribution in [0.25, 0.3) is 0 Å². The Labute approximate surface area is 108 Å². The fraction of sp³-hybridized carbons (Fsp3) is 0.500. The van der Waals surface area contributed by atoms with Crippen molar-refractivity contribution >= 4 is 5.78 Å². The first-order valence-corrected chi connectivity index (χ1v) is 6.29. The van der Waals surface area contributed by atoms with Gasteiger partial charge in [-0.3, -0.25) is 9.69 Å². The third-order valence-electron chi connectivity index (χ3n) is 2.76. The average Bonchev–Trinajstić information content (AvgIpc) is 2.38. The summed E-state index contributed by atoms with van der Waals surface area (Å²) >= 11 is 0. The zero-order valence-corrected chi connectivity index (χ0v) is 11.1. The van der Waals surface area contributed by atoms with Crippen LogP contribution in [0.2, 0.25) is 0 Å². The minimum atomic E-state index is 0.0633. The number of carbonyl (C=O) groups is 1. The molecule has 0 atom stereocenters. The first kappa shape index (κ1) is 14.7. The number of hydrogen-bond acceptors (Lipinski definition) is 4. The maximum Gasteiger partial charge on any atom is 0.176 e. The van der Waals surface area contributed by atoms with Crippen molar-refractivity contribution in [3.63, 3.8) is 0 Å². The highest BCUT2D eigenvalue weighted by Gasteiger charge is 2.11. The summed E-state index contributed by atoms with van der Waals surface area (Å²) in [4.78, 5) is 14.0. The molecular formula is C14H21NO3. The van der Waals surface area contributed by atoms with Crippen LogP contribution in [0.5, 0.6) is 5.75 Å². The van der Waals surface area contributed by atoms with Gasteiger partial charge in [-0.1, -0.05) is 6.92 Å². The zero-order valence-electron chi connectivity index (χ0n) is 11.1. The number of carbonyl (C=O) groups excluding carboxylic acids is 1. The number of benzene rings is 1. The van der Waals surface area contributed by atoms with Gasteiger partial charge in [0.05, 0.1) is 13.2 Å². The van der Waals surface area contributed by atoms with Crippen molar-refractivity contribution in [2.24, 2.45) is 0 Å². The Hall–Kier alpha value is -1.39. The SMILES string of the molecule is CCOCCN(CC)CC(=O)c1ccc(O)cc1. The minimum absolute atomic E-state index is 0.0633. The third kappa shape index (κ3) is 4.85. The third-order valence-corrected chi connectivity index (χ3v) is 2.76. The molecule has 0 aliphatic rings. The van der Waals surface area contributed by atoms with Gasteiger partial charge in [0.15, 0.2) is 5.78 Å². The Bertz CT molecular complexity index is 362. The van der Waals surface area contributed by atoms with E-state index in [2.05, 4.69) is 0 Å². The van der Waals surface area contributed by atoms with E-state index >= 15 is 0 Å². The number of hydrogen-bond donors (Lipinski definition) is 1. The van der Waals surface area contributed by atoms with E-state index in [1.54, 1.807) is 12.1 Å². The summed E-state index contributed by atoms with van der Waals surface area (Å²) in [5.74, 6) is 0.239. The molecule has 0 aliphatic carbocycles. The van der Waals surface area contributed by atoms with Gasteiger partial charge in [-0.15, -0.1) is 0 Å². The second-order valence-corrected chi connectivity index (χ2v) is 4.04. The van der Waals surface area contributed by atoms with Crippen LogP contribution >= 0.6 is 0 Å². The summed E-state index contributed by atoms with van der Waals surface area (Å²) in [5, 5.41) is 9.17. The molecule has 0 bridgehead atoms. The molecule has 0 saturated heterocycles. The van der Waals surface area contributed by atoms with Gasteiger partial charge in [-0.05, 0) is 37.7 Å². The van der Waals surface area contributed by atoms with Gasteiger partial charge in [-0.25, -0.2) is 0 Å². The van der Waals surface area contributed by atoms with E-state index in [-0.39, 0.29) is 11.5 Å². The molecule has 4 heteroatoms. The number of ketones is 1. The molecule has 0 aromatic heterocycles. The Morgan fingerprint density at radius 1 is 1.28 bits per heavy atom. The number of likely N-dealkylation sites (N-methyl/N-ethyl adjacent to an activating group) is 1. The topological polar surface area (TPSA) is 49.8 Å². The van der Waals surface area contributed by atoms with Crippen LogP contribution in [0.4, 0.5) is 0 Å². The van der Waals surface area contributed by atoms with Crippen molar-refractivity contribution < 1.29 is 14.6 Å². The Morgan fingerprint density at radius 2 is 1.94 bits per heavy atom. The number of phenolic OH excluding ortho intramolecular Hbond substituents is 1. The Balaban J connectivity index is 2.48. The molecule has 0 radical (unpaired) electrons. The van der Waals surface area contributed by atoms with Gasteiger partial charge in [0.1, 0.15) is 5.75 Å². The molecule has 0 fully saturated rings. The lowest BCUT2D eigenvalue weighted by atomic mass is 10.1. The maximum absolute atomic E-state index is 12.0. The molecule has 0 spiro atoms. The van der Waals surface area contributed by atoms with Crippen LogP contribution in [0.1, 0.15) is 24.2 Å². The normalized spacial score (nSPS) is 10.8. The highest BCUT2D eigenvalue weighted by atomic mass is 16.5. The van der Waals surface area contributed by atoms with E-state index in [0.29, 0.717) is 25.3 Å². The lowest BCUT2D eigenvalue weighted by molar-refractivity contribution is 0.0867. The number of ether oxygens (including phenoxy) is 1. The Morgan fingerprint density at radius 3 is 2.50 bits per heavy atom. The molecule has 0 heterocycles. The number of Topliss-reactive ketones (excluding diaryl/α,β-unsaturated/α-hetero) is 1. The molecule has 1 rings (SSSR count). The smallest absolute Gasteiger partial charge is 0.176 e. The van der Waals surface area contributed by atoms with Crippen molar-refractivity contribution in [3.05, 3.63) is 29.8 Å². The van der Waals surface area contributed by atoms with Gasteiger partial charge in [0.25, 0.3) is 0 Å². The van der Waals surface area contributed by atoms with E-state index in [1.165, 1.54) is 12.1 Å². The van der Waals surface area contributed by atoms with Crippen LogP contribution in [-0.2, 0) is 4.74 Å². The van der Waals surface area contributed by atoms with Gasteiger partial charge >= 0.3 is 0 Å². The van der Waals surface area contributed by atoms with Crippen LogP contribution in [-0.4, -0.2) is 48.6 Å². The molecule has 18 heavy (non-hydrogen) atoms. The van der Waals surface area contributed by atoms with Gasteiger partial charge in [0, 0.05) is 18.7 Å². The molecular weight excluding hydrogens is 230 g/mol. The minimum Gasteiger partial charge on any atom is -0.508 e. The zero-order chi connectivity index (χ0) is 13.4. The van der Waals surface area contributed by atoms with E-state index in [1.807, 2.05) is 18.7 Å². The summed E-state index contributed by atoms with van der Waals surface area (Å²) in [6.45, 7) is 7.28. The van der Waals surface area contributed by atoms with E-state index < -0.39 is 0 Å². The predicted molar refractivity (Wildman–Crippen MR) is 71.0 cm³/mol. The summed E-state index contributed by atoms with van der Waals surface area (Å²) < 4.78 is 5.28. The van der Waals surface area contributed by atoms with E-state index in [0.717, 1.165) is 13.1 Å². The lowest BCUT2D eigenvalue weighted by Gasteiger charge is -2.19. The summed E-state index contributed by atoms with van der Waals surface area (Å²) in [6.07, 6.45) is 0. The largest absolute Gasteiger partial charge is 0.508 e. The van der Waals surface area contributed by atoms with E-state index in [9.17, 15) is 9.90 Å². The molecule has 1 N–H and O–H groups in total. The van der Waals surface area contributed by atoms with Gasteiger partial charge < -0.3 is 9.84 Å². The van der Waals surface area contributed by atoms with Crippen LogP contribution in [0, 0.1) is 0 Å². The molecule has 100 valence electrons. The highest BCUT2D eigenvalue weighted by Crippen LogP contribution is 2.10. The van der Waals surface area contributed by atoms with E-state index in [4.69, 9.17) is 4.74 Å². The first-order chi connectivity index (χ1) is 8.67. The molecule has 0 saturated carbocycles. The maximum atomic E-state index is 12.0. The van der Waals surface area contributed by atoms with Crippen molar-refractivity contribution in [2.75, 3.05) is 32.8 Å². The summed E-state index contributed by atoms with van der Waals surface area (Å²) in [5.41, 5.74) is 0.627. The molecule has 0 aliphatic heterocycles. The number of aromatic hydroxyl groups is 1. The number of nitrogens with zero attached hydrogens (tertiary/aromatic N) is 1. The summed E-state index contributed by atoms with van der Waals surface area (Å²) in [7, 11) is 0. The molecule has 4 nitrogen and oxygen atoms in total. The van der Waals surface area contributed by atoms with Gasteiger partial charge in [0.2, 0.25) is 0 Å². The van der Waals surface area contributed by atoms with Crippen LogP contribution < -0.4 is 0 Å². The molecule has 0 unspecified atom stereocenters. The Kier molecular flexibility index (Phi) is 6.39. The molecule has 0 amide bonds. The quantitative estimate of drug-likeness (QED) is 0.566. The number of phenols is 1. The molecule has 1 aromatic rings. The first-order valence-electron chi connectivity index (χ1n) is 6.29. The van der Waals surface area contributed by atoms with Crippen molar-refractivity contribution in [1.29, 1.82) is 0 Å². The highest BCUT2D eigenvalue weighted by molar-refractivity contribution is 5.97. The average molecular weight is 251 g/mol. The van der Waals surface area contributed by atoms with Crippen molar-refractivity contribution in [1.82, 2.24) is 4.90 Å². The number of rotatable bonds is 8. The standard InChI is InChI=1S/C14H21NO3/c1-3-15(9-10-18-4-2)11-14(17)12-5-7-13(16)8-6-12/h5-8,16H,3-4,9-11H2,1-2H3. The summed E-state index contributed by atoms with van der Waals surface area (Å²) in [6, 6.07) is 6.36.